The van der Waals surface area contributed by atoms with Crippen LogP contribution in [0.25, 0.3) is 0 Å². The molecule has 19 heavy (non-hydrogen) atoms. The van der Waals surface area contributed by atoms with Crippen molar-refractivity contribution in [2.75, 3.05) is 13.1 Å². The number of ether oxygens (including phenoxy) is 1. The van der Waals surface area contributed by atoms with Gasteiger partial charge in [-0.3, -0.25) is 4.90 Å². The van der Waals surface area contributed by atoms with Gasteiger partial charge in [0.05, 0.1) is 6.10 Å². The summed E-state index contributed by atoms with van der Waals surface area (Å²) in [5.74, 6) is 1.60. The highest BCUT2D eigenvalue weighted by Gasteiger charge is 2.22. The molecule has 3 heteroatoms. The van der Waals surface area contributed by atoms with E-state index in [4.69, 9.17) is 10.5 Å². The number of nitrogens with two attached hydrogens (primary N) is 1. The molecule has 0 bridgehead atoms. The van der Waals surface area contributed by atoms with Gasteiger partial charge in [-0.05, 0) is 50.4 Å². The van der Waals surface area contributed by atoms with E-state index in [2.05, 4.69) is 36.1 Å². The van der Waals surface area contributed by atoms with E-state index in [9.17, 15) is 0 Å². The van der Waals surface area contributed by atoms with Crippen LogP contribution < -0.4 is 10.5 Å². The van der Waals surface area contributed by atoms with E-state index in [0.717, 1.165) is 25.4 Å². The molecule has 1 aliphatic rings. The molecule has 2 unspecified atom stereocenters. The fraction of sp³-hybridized carbons (Fsp3) is 0.625. The predicted molar refractivity (Wildman–Crippen MR) is 79.2 cm³/mol. The van der Waals surface area contributed by atoms with Crippen LogP contribution in [0.1, 0.15) is 32.8 Å². The van der Waals surface area contributed by atoms with Crippen molar-refractivity contribution in [3.8, 4) is 5.75 Å². The third-order valence-electron chi connectivity index (χ3n) is 3.80. The maximum atomic E-state index is 6.14. The number of rotatable bonds is 4. The summed E-state index contributed by atoms with van der Waals surface area (Å²) in [6.07, 6.45) is 1.43. The highest BCUT2D eigenvalue weighted by molar-refractivity contribution is 5.27. The molecule has 2 N–H and O–H groups in total. The highest BCUT2D eigenvalue weighted by atomic mass is 16.5. The lowest BCUT2D eigenvalue weighted by Gasteiger charge is -2.35. The summed E-state index contributed by atoms with van der Waals surface area (Å²) in [4.78, 5) is 2.45. The number of hydrogen-bond donors (Lipinski definition) is 1. The summed E-state index contributed by atoms with van der Waals surface area (Å²) in [7, 11) is 0. The molecule has 0 amide bonds. The Kier molecular flexibility index (Phi) is 4.83. The number of benzene rings is 1. The minimum atomic E-state index is 0.229. The lowest BCUT2D eigenvalue weighted by molar-refractivity contribution is 0.162. The Labute approximate surface area is 116 Å². The number of nitrogens with zero attached hydrogens (tertiary/aromatic N) is 1. The SMILES string of the molecule is CC(C)Oc1ccc(CN2CCC(C)C(N)C2)cc1. The summed E-state index contributed by atoms with van der Waals surface area (Å²) in [6, 6.07) is 8.74. The fourth-order valence-corrected chi connectivity index (χ4v) is 2.52. The zero-order chi connectivity index (χ0) is 13.8. The van der Waals surface area contributed by atoms with Gasteiger partial charge in [0.2, 0.25) is 0 Å². The van der Waals surface area contributed by atoms with E-state index < -0.39 is 0 Å². The predicted octanol–water partition coefficient (Wildman–Crippen LogP) is 2.64. The molecule has 1 aromatic rings. The largest absolute Gasteiger partial charge is 0.491 e. The molecule has 0 aromatic heterocycles. The average Bonchev–Trinajstić information content (AvgIpc) is 2.36. The third-order valence-corrected chi connectivity index (χ3v) is 3.80. The molecule has 0 radical (unpaired) electrons. The molecule has 1 aromatic carbocycles. The van der Waals surface area contributed by atoms with Crippen LogP contribution in [-0.4, -0.2) is 30.1 Å². The van der Waals surface area contributed by atoms with Gasteiger partial charge in [-0.2, -0.15) is 0 Å². The van der Waals surface area contributed by atoms with Crippen molar-refractivity contribution in [2.45, 2.75) is 45.9 Å². The van der Waals surface area contributed by atoms with Crippen LogP contribution in [0.3, 0.4) is 0 Å². The van der Waals surface area contributed by atoms with Crippen molar-refractivity contribution in [1.82, 2.24) is 4.90 Å². The zero-order valence-corrected chi connectivity index (χ0v) is 12.3. The maximum Gasteiger partial charge on any atom is 0.119 e. The van der Waals surface area contributed by atoms with Crippen molar-refractivity contribution < 1.29 is 4.74 Å². The third kappa shape index (κ3) is 4.22. The number of likely N-dealkylation sites (tertiary alicyclic amines) is 1. The Bertz CT molecular complexity index is 388. The second-order valence-electron chi connectivity index (χ2n) is 5.98. The molecular weight excluding hydrogens is 236 g/mol. The summed E-state index contributed by atoms with van der Waals surface area (Å²) >= 11 is 0. The summed E-state index contributed by atoms with van der Waals surface area (Å²) < 4.78 is 5.66. The van der Waals surface area contributed by atoms with Gasteiger partial charge >= 0.3 is 0 Å². The first-order chi connectivity index (χ1) is 9.04. The van der Waals surface area contributed by atoms with Crippen LogP contribution in [0.4, 0.5) is 0 Å². The molecular formula is C16H26N2O. The smallest absolute Gasteiger partial charge is 0.119 e. The van der Waals surface area contributed by atoms with Gasteiger partial charge in [0.15, 0.2) is 0 Å². The second-order valence-corrected chi connectivity index (χ2v) is 5.98. The minimum absolute atomic E-state index is 0.229. The van der Waals surface area contributed by atoms with Crippen LogP contribution in [0.2, 0.25) is 0 Å². The van der Waals surface area contributed by atoms with E-state index in [0.29, 0.717) is 12.0 Å². The normalized spacial score (nSPS) is 24.7. The zero-order valence-electron chi connectivity index (χ0n) is 12.3. The van der Waals surface area contributed by atoms with Gasteiger partial charge in [-0.1, -0.05) is 19.1 Å². The van der Waals surface area contributed by atoms with E-state index in [1.165, 1.54) is 12.0 Å². The molecule has 1 fully saturated rings. The van der Waals surface area contributed by atoms with Crippen LogP contribution in [0, 0.1) is 5.92 Å². The first-order valence-corrected chi connectivity index (χ1v) is 7.28. The summed E-state index contributed by atoms with van der Waals surface area (Å²) in [5.41, 5.74) is 7.47. The van der Waals surface area contributed by atoms with E-state index in [-0.39, 0.29) is 6.10 Å². The van der Waals surface area contributed by atoms with Gasteiger partial charge in [0.1, 0.15) is 5.75 Å². The highest BCUT2D eigenvalue weighted by Crippen LogP contribution is 2.19. The molecule has 0 aliphatic carbocycles. The molecule has 106 valence electrons. The van der Waals surface area contributed by atoms with Crippen molar-refractivity contribution in [3.63, 3.8) is 0 Å². The Morgan fingerprint density at radius 2 is 2.00 bits per heavy atom. The molecule has 1 aliphatic heterocycles. The Morgan fingerprint density at radius 3 is 2.58 bits per heavy atom. The molecule has 1 saturated heterocycles. The molecule has 2 rings (SSSR count). The van der Waals surface area contributed by atoms with Crippen molar-refractivity contribution in [3.05, 3.63) is 29.8 Å². The van der Waals surface area contributed by atoms with Gasteiger partial charge in [0, 0.05) is 19.1 Å². The second kappa shape index (κ2) is 6.40. The van der Waals surface area contributed by atoms with Crippen LogP contribution in [-0.2, 0) is 6.54 Å². The van der Waals surface area contributed by atoms with Crippen molar-refractivity contribution >= 4 is 0 Å². The Hall–Kier alpha value is -1.06. The summed E-state index contributed by atoms with van der Waals surface area (Å²) in [5, 5.41) is 0. The minimum Gasteiger partial charge on any atom is -0.491 e. The van der Waals surface area contributed by atoms with Gasteiger partial charge in [0.25, 0.3) is 0 Å². The van der Waals surface area contributed by atoms with Crippen molar-refractivity contribution in [2.24, 2.45) is 11.7 Å². The molecule has 0 saturated carbocycles. The lowest BCUT2D eigenvalue weighted by Crippen LogP contribution is -2.47. The molecule has 2 atom stereocenters. The summed E-state index contributed by atoms with van der Waals surface area (Å²) in [6.45, 7) is 9.49. The van der Waals surface area contributed by atoms with E-state index in [1.54, 1.807) is 0 Å². The molecule has 3 nitrogen and oxygen atoms in total. The van der Waals surface area contributed by atoms with Gasteiger partial charge in [-0.15, -0.1) is 0 Å². The Morgan fingerprint density at radius 1 is 1.32 bits per heavy atom. The Balaban J connectivity index is 1.89. The van der Waals surface area contributed by atoms with Crippen molar-refractivity contribution in [1.29, 1.82) is 0 Å². The standard InChI is InChI=1S/C16H26N2O/c1-12(2)19-15-6-4-14(5-7-15)10-18-9-8-13(3)16(17)11-18/h4-7,12-13,16H,8-11,17H2,1-3H3. The van der Waals surface area contributed by atoms with E-state index in [1.807, 2.05) is 13.8 Å². The van der Waals surface area contributed by atoms with Crippen LogP contribution in [0.5, 0.6) is 5.75 Å². The van der Waals surface area contributed by atoms with E-state index >= 15 is 0 Å². The van der Waals surface area contributed by atoms with Crippen LogP contribution >= 0.6 is 0 Å². The monoisotopic (exact) mass is 262 g/mol. The first kappa shape index (κ1) is 14.4. The quantitative estimate of drug-likeness (QED) is 0.906. The van der Waals surface area contributed by atoms with Gasteiger partial charge in [-0.25, -0.2) is 0 Å². The average molecular weight is 262 g/mol. The van der Waals surface area contributed by atoms with Gasteiger partial charge < -0.3 is 10.5 Å². The molecule has 0 spiro atoms. The van der Waals surface area contributed by atoms with Crippen LogP contribution in [0.15, 0.2) is 24.3 Å². The topological polar surface area (TPSA) is 38.5 Å². The fourth-order valence-electron chi connectivity index (χ4n) is 2.52. The maximum absolute atomic E-state index is 6.14. The number of piperidine rings is 1. The number of hydrogen-bond acceptors (Lipinski definition) is 3. The lowest BCUT2D eigenvalue weighted by atomic mass is 9.94. The molecule has 1 heterocycles. The first-order valence-electron chi connectivity index (χ1n) is 7.28.